The van der Waals surface area contributed by atoms with Crippen molar-refractivity contribution in [2.75, 3.05) is 5.32 Å². The maximum Gasteiger partial charge on any atom is 0.258 e. The van der Waals surface area contributed by atoms with Crippen LogP contribution in [0.5, 0.6) is 0 Å². The Morgan fingerprint density at radius 2 is 1.81 bits per heavy atom. The molecule has 5 aromatic rings. The monoisotopic (exact) mass is 426 g/mol. The number of H-pyrrole nitrogens is 1. The van der Waals surface area contributed by atoms with Gasteiger partial charge in [-0.2, -0.15) is 4.98 Å². The Kier molecular flexibility index (Phi) is 4.86. The third kappa shape index (κ3) is 3.74. The molecule has 31 heavy (non-hydrogen) atoms. The van der Waals surface area contributed by atoms with Crippen molar-refractivity contribution in [2.24, 2.45) is 0 Å². The second-order valence-electron chi connectivity index (χ2n) is 6.76. The molecule has 0 atom stereocenters. The zero-order valence-electron chi connectivity index (χ0n) is 16.1. The first-order valence-electron chi connectivity index (χ1n) is 9.48. The van der Waals surface area contributed by atoms with Gasteiger partial charge in [0.15, 0.2) is 5.82 Å². The number of nitrogens with zero attached hydrogens (tertiary/aromatic N) is 4. The zero-order valence-corrected chi connectivity index (χ0v) is 16.8. The molecule has 0 aliphatic rings. The van der Waals surface area contributed by atoms with Crippen LogP contribution in [0, 0.1) is 0 Å². The summed E-state index contributed by atoms with van der Waals surface area (Å²) in [6.07, 6.45) is 3.40. The molecule has 1 amide bonds. The predicted molar refractivity (Wildman–Crippen MR) is 120 cm³/mol. The molecule has 0 unspecified atom stereocenters. The van der Waals surface area contributed by atoms with Crippen molar-refractivity contribution in [1.29, 1.82) is 0 Å². The summed E-state index contributed by atoms with van der Waals surface area (Å²) in [6, 6.07) is 20.2. The van der Waals surface area contributed by atoms with Gasteiger partial charge in [-0.25, -0.2) is 4.98 Å². The lowest BCUT2D eigenvalue weighted by molar-refractivity contribution is 0.102. The molecule has 0 aliphatic heterocycles. The van der Waals surface area contributed by atoms with Crippen LogP contribution >= 0.6 is 11.6 Å². The minimum absolute atomic E-state index is 0.156. The number of hydrogen-bond donors (Lipinski definition) is 2. The molecule has 0 radical (unpaired) electrons. The van der Waals surface area contributed by atoms with Crippen molar-refractivity contribution in [3.8, 4) is 22.6 Å². The van der Waals surface area contributed by atoms with Crippen LogP contribution < -0.4 is 5.32 Å². The highest BCUT2D eigenvalue weighted by molar-refractivity contribution is 6.33. The number of benzene rings is 2. The molecule has 150 valence electrons. The van der Waals surface area contributed by atoms with E-state index in [4.69, 9.17) is 11.6 Å². The maximum absolute atomic E-state index is 13.1. The first-order valence-corrected chi connectivity index (χ1v) is 9.86. The van der Waals surface area contributed by atoms with Crippen LogP contribution in [0.3, 0.4) is 0 Å². The molecule has 0 saturated heterocycles. The Hall–Kier alpha value is -4.10. The molecule has 5 rings (SSSR count). The quantitative estimate of drug-likeness (QED) is 0.422. The molecule has 0 bridgehead atoms. The van der Waals surface area contributed by atoms with E-state index in [0.717, 1.165) is 10.9 Å². The number of para-hydroxylation sites is 1. The van der Waals surface area contributed by atoms with Crippen LogP contribution in [-0.4, -0.2) is 31.1 Å². The van der Waals surface area contributed by atoms with Gasteiger partial charge in [0, 0.05) is 28.9 Å². The van der Waals surface area contributed by atoms with Crippen molar-refractivity contribution >= 4 is 34.4 Å². The average Bonchev–Trinajstić information content (AvgIpc) is 3.27. The number of aromatic nitrogens is 5. The summed E-state index contributed by atoms with van der Waals surface area (Å²) in [5, 5.41) is 11.0. The number of aromatic amines is 1. The molecule has 3 aromatic heterocycles. The molecule has 3 heterocycles. The molecular weight excluding hydrogens is 412 g/mol. The molecule has 0 spiro atoms. The first kappa shape index (κ1) is 18.9. The molecule has 0 saturated carbocycles. The number of amides is 1. The van der Waals surface area contributed by atoms with E-state index in [2.05, 4.69) is 30.5 Å². The second kappa shape index (κ2) is 7.97. The van der Waals surface area contributed by atoms with E-state index in [0.29, 0.717) is 33.2 Å². The largest absolute Gasteiger partial charge is 0.289 e. The smallest absolute Gasteiger partial charge is 0.258 e. The van der Waals surface area contributed by atoms with Gasteiger partial charge in [0.1, 0.15) is 0 Å². The van der Waals surface area contributed by atoms with Gasteiger partial charge in [0.05, 0.1) is 21.8 Å². The van der Waals surface area contributed by atoms with E-state index in [1.54, 1.807) is 24.5 Å². The lowest BCUT2D eigenvalue weighted by Gasteiger charge is -2.09. The fourth-order valence-corrected chi connectivity index (χ4v) is 3.51. The number of nitrogens with one attached hydrogen (secondary N) is 2. The number of carbonyl (C=O) groups is 1. The normalized spacial score (nSPS) is 10.9. The van der Waals surface area contributed by atoms with Gasteiger partial charge in [-0.1, -0.05) is 41.9 Å². The van der Waals surface area contributed by atoms with E-state index in [1.165, 1.54) is 0 Å². The number of rotatable bonds is 4. The number of anilines is 1. The maximum atomic E-state index is 13.1. The molecular formula is C23H15ClN6O. The van der Waals surface area contributed by atoms with E-state index >= 15 is 0 Å². The summed E-state index contributed by atoms with van der Waals surface area (Å²) in [4.78, 5) is 26.3. The van der Waals surface area contributed by atoms with Crippen LogP contribution in [0.1, 0.15) is 10.4 Å². The third-order valence-electron chi connectivity index (χ3n) is 4.76. The van der Waals surface area contributed by atoms with E-state index in [1.807, 2.05) is 54.6 Å². The van der Waals surface area contributed by atoms with Gasteiger partial charge < -0.3 is 0 Å². The highest BCUT2D eigenvalue weighted by Crippen LogP contribution is 2.27. The number of fused-ring (bicyclic) bond motifs is 1. The molecule has 2 N–H and O–H groups in total. The summed E-state index contributed by atoms with van der Waals surface area (Å²) < 4.78 is 0. The van der Waals surface area contributed by atoms with Crippen LogP contribution in [0.4, 0.5) is 5.95 Å². The van der Waals surface area contributed by atoms with Gasteiger partial charge in [0.2, 0.25) is 5.95 Å². The van der Waals surface area contributed by atoms with Gasteiger partial charge in [-0.15, -0.1) is 5.10 Å². The van der Waals surface area contributed by atoms with Crippen LogP contribution in [-0.2, 0) is 0 Å². The predicted octanol–water partition coefficient (Wildman–Crippen LogP) is 4.99. The Morgan fingerprint density at radius 3 is 2.65 bits per heavy atom. The standard InChI is InChI=1S/C23H15ClN6O/c24-18-9-3-1-8-16(18)21-27-23(30-29-21)28-22(31)17-12-20(14-6-5-11-25-13-14)26-19-10-4-2-7-15(17)19/h1-13H,(H2,27,28,29,30,31). The summed E-state index contributed by atoms with van der Waals surface area (Å²) in [5.74, 6) is 0.286. The topological polar surface area (TPSA) is 96.5 Å². The lowest BCUT2D eigenvalue weighted by Crippen LogP contribution is -2.14. The summed E-state index contributed by atoms with van der Waals surface area (Å²) in [7, 11) is 0. The summed E-state index contributed by atoms with van der Waals surface area (Å²) in [5.41, 5.74) is 3.35. The Balaban J connectivity index is 1.51. The zero-order chi connectivity index (χ0) is 21.2. The number of halogens is 1. The highest BCUT2D eigenvalue weighted by Gasteiger charge is 2.17. The lowest BCUT2D eigenvalue weighted by atomic mass is 10.0. The number of pyridine rings is 2. The fraction of sp³-hybridized carbons (Fsp3) is 0. The molecule has 2 aromatic carbocycles. The Morgan fingerprint density at radius 1 is 0.968 bits per heavy atom. The minimum Gasteiger partial charge on any atom is -0.289 e. The highest BCUT2D eigenvalue weighted by atomic mass is 35.5. The average molecular weight is 427 g/mol. The minimum atomic E-state index is -0.339. The molecule has 0 fully saturated rings. The fourth-order valence-electron chi connectivity index (χ4n) is 3.29. The molecule has 0 aliphatic carbocycles. The second-order valence-corrected chi connectivity index (χ2v) is 7.16. The van der Waals surface area contributed by atoms with Gasteiger partial charge in [-0.05, 0) is 36.4 Å². The van der Waals surface area contributed by atoms with Crippen LogP contribution in [0.2, 0.25) is 5.02 Å². The van der Waals surface area contributed by atoms with Crippen molar-refractivity contribution in [2.45, 2.75) is 0 Å². The van der Waals surface area contributed by atoms with E-state index in [9.17, 15) is 4.79 Å². The molecule has 8 heteroatoms. The van der Waals surface area contributed by atoms with Crippen molar-refractivity contribution < 1.29 is 4.79 Å². The Labute approximate surface area is 182 Å². The molecule has 7 nitrogen and oxygen atoms in total. The van der Waals surface area contributed by atoms with Crippen molar-refractivity contribution in [1.82, 2.24) is 25.1 Å². The summed E-state index contributed by atoms with van der Waals surface area (Å²) in [6.45, 7) is 0. The van der Waals surface area contributed by atoms with Gasteiger partial charge >= 0.3 is 0 Å². The third-order valence-corrected chi connectivity index (χ3v) is 5.09. The number of carbonyl (C=O) groups excluding carboxylic acids is 1. The number of hydrogen-bond acceptors (Lipinski definition) is 5. The summed E-state index contributed by atoms with van der Waals surface area (Å²) >= 11 is 6.22. The SMILES string of the molecule is O=C(Nc1n[nH]c(-c2ccccc2Cl)n1)c1cc(-c2cccnc2)nc2ccccc12. The van der Waals surface area contributed by atoms with E-state index < -0.39 is 0 Å². The first-order chi connectivity index (χ1) is 15.2. The van der Waals surface area contributed by atoms with Gasteiger partial charge in [0.25, 0.3) is 5.91 Å². The van der Waals surface area contributed by atoms with Crippen LogP contribution in [0.25, 0.3) is 33.5 Å². The van der Waals surface area contributed by atoms with Crippen molar-refractivity contribution in [3.63, 3.8) is 0 Å². The van der Waals surface area contributed by atoms with E-state index in [-0.39, 0.29) is 11.9 Å². The van der Waals surface area contributed by atoms with Crippen molar-refractivity contribution in [3.05, 3.63) is 89.7 Å². The van der Waals surface area contributed by atoms with Crippen LogP contribution in [0.15, 0.2) is 79.1 Å². The Bertz CT molecular complexity index is 1400. The van der Waals surface area contributed by atoms with Gasteiger partial charge in [-0.3, -0.25) is 20.2 Å².